The summed E-state index contributed by atoms with van der Waals surface area (Å²) in [6, 6.07) is 11.8. The van der Waals surface area contributed by atoms with Crippen LogP contribution in [0.2, 0.25) is 0 Å². The van der Waals surface area contributed by atoms with Gasteiger partial charge in [0.05, 0.1) is 17.7 Å². The molecule has 0 saturated heterocycles. The number of hydrogen-bond acceptors (Lipinski definition) is 5. The minimum atomic E-state index is -0.417. The van der Waals surface area contributed by atoms with E-state index in [2.05, 4.69) is 59.8 Å². The molecular weight excluding hydrogens is 494 g/mol. The number of thiocarbonyl (C=S) groups is 1. The van der Waals surface area contributed by atoms with Gasteiger partial charge in [-0.15, -0.1) is 0 Å². The lowest BCUT2D eigenvalue weighted by atomic mass is 10.2. The summed E-state index contributed by atoms with van der Waals surface area (Å²) < 4.78 is 11.9. The highest BCUT2D eigenvalue weighted by Gasteiger charge is 2.12. The molecule has 0 aliphatic heterocycles. The summed E-state index contributed by atoms with van der Waals surface area (Å²) in [5.41, 5.74) is 5.80. The molecule has 0 heterocycles. The first kappa shape index (κ1) is 25.6. The maximum absolute atomic E-state index is 12.4. The lowest BCUT2D eigenvalue weighted by molar-refractivity contribution is 0.0934. The first-order valence-electron chi connectivity index (χ1n) is 10.2. The summed E-state index contributed by atoms with van der Waals surface area (Å²) in [7, 11) is 0. The van der Waals surface area contributed by atoms with Crippen LogP contribution in [0.4, 0.5) is 0 Å². The molecule has 0 unspecified atom stereocenters. The maximum atomic E-state index is 12.4. The second-order valence-corrected chi connectivity index (χ2v) is 9.20. The van der Waals surface area contributed by atoms with Crippen molar-refractivity contribution in [1.82, 2.24) is 16.2 Å². The largest absolute Gasteiger partial charge is 0.493 e. The Morgan fingerprint density at radius 3 is 2.06 bits per heavy atom. The summed E-state index contributed by atoms with van der Waals surface area (Å²) in [6.45, 7) is 9.41. The molecule has 2 aromatic carbocycles. The minimum absolute atomic E-state index is 0.0310. The summed E-state index contributed by atoms with van der Waals surface area (Å²) in [5, 5.41) is 2.49. The number of carbonyl (C=O) groups is 2. The van der Waals surface area contributed by atoms with E-state index in [0.29, 0.717) is 52.1 Å². The molecule has 3 N–H and O–H groups in total. The standard InChI is InChI=1S/C23H28BrN3O4S/c1-14(2)12-30-18-8-5-16(6-9-18)22(29)26-27-23(32)25-21(28)17-7-10-20(19(24)11-17)31-13-15(3)4/h5-11,14-15H,12-13H2,1-4H3,(H,26,29)(H2,25,27,28,32). The molecular formula is C23H28BrN3O4S. The van der Waals surface area contributed by atoms with Gasteiger partial charge in [0.25, 0.3) is 11.8 Å². The molecule has 0 aliphatic rings. The van der Waals surface area contributed by atoms with Crippen molar-refractivity contribution in [3.05, 3.63) is 58.1 Å². The zero-order chi connectivity index (χ0) is 23.7. The van der Waals surface area contributed by atoms with Crippen molar-refractivity contribution in [2.24, 2.45) is 11.8 Å². The lowest BCUT2D eigenvalue weighted by Gasteiger charge is -2.13. The average molecular weight is 522 g/mol. The molecule has 172 valence electrons. The van der Waals surface area contributed by atoms with E-state index in [1.54, 1.807) is 42.5 Å². The molecule has 0 radical (unpaired) electrons. The Bertz CT molecular complexity index is 949. The van der Waals surface area contributed by atoms with Gasteiger partial charge in [0, 0.05) is 11.1 Å². The second-order valence-electron chi connectivity index (χ2n) is 7.94. The molecule has 0 aromatic heterocycles. The average Bonchev–Trinajstić information content (AvgIpc) is 2.75. The fourth-order valence-electron chi connectivity index (χ4n) is 2.37. The van der Waals surface area contributed by atoms with Gasteiger partial charge in [0.2, 0.25) is 0 Å². The van der Waals surface area contributed by atoms with Gasteiger partial charge in [-0.05, 0) is 82.4 Å². The van der Waals surface area contributed by atoms with Gasteiger partial charge in [0.15, 0.2) is 5.11 Å². The molecule has 9 heteroatoms. The number of hydrogen-bond donors (Lipinski definition) is 3. The van der Waals surface area contributed by atoms with Crippen LogP contribution in [-0.2, 0) is 0 Å². The SMILES string of the molecule is CC(C)COc1ccc(C(=O)NNC(=S)NC(=O)c2ccc(OCC(C)C)c(Br)c2)cc1. The van der Waals surface area contributed by atoms with Crippen molar-refractivity contribution in [2.45, 2.75) is 27.7 Å². The molecule has 0 bridgehead atoms. The minimum Gasteiger partial charge on any atom is -0.493 e. The van der Waals surface area contributed by atoms with Gasteiger partial charge < -0.3 is 9.47 Å². The molecule has 0 fully saturated rings. The number of halogens is 1. The van der Waals surface area contributed by atoms with Crippen LogP contribution >= 0.6 is 28.1 Å². The first-order chi connectivity index (χ1) is 15.2. The topological polar surface area (TPSA) is 88.7 Å². The quantitative estimate of drug-likeness (QED) is 0.350. The van der Waals surface area contributed by atoms with Crippen LogP contribution in [0.3, 0.4) is 0 Å². The van der Waals surface area contributed by atoms with Crippen LogP contribution in [0.1, 0.15) is 48.4 Å². The van der Waals surface area contributed by atoms with Crippen molar-refractivity contribution in [1.29, 1.82) is 0 Å². The Balaban J connectivity index is 1.83. The number of ether oxygens (including phenoxy) is 2. The summed E-state index contributed by atoms with van der Waals surface area (Å²) in [5.74, 6) is 1.34. The molecule has 2 rings (SSSR count). The van der Waals surface area contributed by atoms with E-state index in [1.807, 2.05) is 0 Å². The van der Waals surface area contributed by atoms with Crippen molar-refractivity contribution in [3.8, 4) is 11.5 Å². The number of hydrazine groups is 1. The monoisotopic (exact) mass is 521 g/mol. The Labute approximate surface area is 202 Å². The molecule has 0 spiro atoms. The highest BCUT2D eigenvalue weighted by atomic mass is 79.9. The fourth-order valence-corrected chi connectivity index (χ4v) is 3.01. The van der Waals surface area contributed by atoms with Crippen molar-refractivity contribution in [2.75, 3.05) is 13.2 Å². The van der Waals surface area contributed by atoms with E-state index in [4.69, 9.17) is 21.7 Å². The Kier molecular flexibility index (Phi) is 9.93. The zero-order valence-corrected chi connectivity index (χ0v) is 20.9. The molecule has 2 amide bonds. The van der Waals surface area contributed by atoms with E-state index >= 15 is 0 Å². The van der Waals surface area contributed by atoms with E-state index < -0.39 is 11.8 Å². The Morgan fingerprint density at radius 1 is 0.875 bits per heavy atom. The molecule has 2 aromatic rings. The lowest BCUT2D eigenvalue weighted by Crippen LogP contribution is -2.48. The third-order valence-electron chi connectivity index (χ3n) is 3.98. The number of benzene rings is 2. The van der Waals surface area contributed by atoms with Gasteiger partial charge in [-0.1, -0.05) is 27.7 Å². The van der Waals surface area contributed by atoms with E-state index in [-0.39, 0.29) is 5.11 Å². The smallest absolute Gasteiger partial charge is 0.269 e. The maximum Gasteiger partial charge on any atom is 0.269 e. The Morgan fingerprint density at radius 2 is 1.47 bits per heavy atom. The predicted molar refractivity (Wildman–Crippen MR) is 132 cm³/mol. The number of carbonyl (C=O) groups excluding carboxylic acids is 2. The number of rotatable bonds is 8. The van der Waals surface area contributed by atoms with Gasteiger partial charge in [0.1, 0.15) is 11.5 Å². The van der Waals surface area contributed by atoms with Crippen molar-refractivity contribution in [3.63, 3.8) is 0 Å². The van der Waals surface area contributed by atoms with E-state index in [0.717, 1.165) is 0 Å². The Hall–Kier alpha value is -2.65. The van der Waals surface area contributed by atoms with Crippen LogP contribution in [0, 0.1) is 11.8 Å². The summed E-state index contributed by atoms with van der Waals surface area (Å²) in [6.07, 6.45) is 0. The van der Waals surface area contributed by atoms with Gasteiger partial charge in [-0.2, -0.15) is 0 Å². The summed E-state index contributed by atoms with van der Waals surface area (Å²) >= 11 is 8.50. The predicted octanol–water partition coefficient (Wildman–Crippen LogP) is 4.47. The molecule has 7 nitrogen and oxygen atoms in total. The van der Waals surface area contributed by atoms with E-state index in [1.165, 1.54) is 0 Å². The van der Waals surface area contributed by atoms with Crippen LogP contribution in [0.15, 0.2) is 46.9 Å². The zero-order valence-electron chi connectivity index (χ0n) is 18.5. The normalized spacial score (nSPS) is 10.6. The second kappa shape index (κ2) is 12.4. The van der Waals surface area contributed by atoms with Crippen LogP contribution in [-0.4, -0.2) is 30.1 Å². The van der Waals surface area contributed by atoms with Crippen molar-refractivity contribution >= 4 is 45.1 Å². The number of amides is 2. The first-order valence-corrected chi connectivity index (χ1v) is 11.4. The highest BCUT2D eigenvalue weighted by molar-refractivity contribution is 9.10. The molecule has 0 aliphatic carbocycles. The van der Waals surface area contributed by atoms with Crippen LogP contribution < -0.4 is 25.6 Å². The molecule has 0 atom stereocenters. The molecule has 0 saturated carbocycles. The van der Waals surface area contributed by atoms with Crippen LogP contribution in [0.25, 0.3) is 0 Å². The fraction of sp³-hybridized carbons (Fsp3) is 0.348. The van der Waals surface area contributed by atoms with Crippen LogP contribution in [0.5, 0.6) is 11.5 Å². The molecule has 32 heavy (non-hydrogen) atoms. The van der Waals surface area contributed by atoms with Crippen molar-refractivity contribution < 1.29 is 19.1 Å². The highest BCUT2D eigenvalue weighted by Crippen LogP contribution is 2.26. The third-order valence-corrected chi connectivity index (χ3v) is 4.81. The number of nitrogens with one attached hydrogen (secondary N) is 3. The van der Waals surface area contributed by atoms with Gasteiger partial charge in [-0.3, -0.25) is 25.8 Å². The van der Waals surface area contributed by atoms with Gasteiger partial charge >= 0.3 is 0 Å². The van der Waals surface area contributed by atoms with Gasteiger partial charge in [-0.25, -0.2) is 0 Å². The van der Waals surface area contributed by atoms with E-state index in [9.17, 15) is 9.59 Å². The summed E-state index contributed by atoms with van der Waals surface area (Å²) in [4.78, 5) is 24.7. The third kappa shape index (κ3) is 8.47.